The number of hydrogen-bond donors (Lipinski definition) is 2. The Hall–Kier alpha value is -3.53. The molecule has 0 aliphatic carbocycles. The summed E-state index contributed by atoms with van der Waals surface area (Å²) in [5.41, 5.74) is 7.56. The average Bonchev–Trinajstić information content (AvgIpc) is 3.39. The number of aromatic nitrogens is 4. The van der Waals surface area contributed by atoms with E-state index >= 15 is 0 Å². The lowest BCUT2D eigenvalue weighted by molar-refractivity contribution is -0.137. The van der Waals surface area contributed by atoms with Crippen molar-refractivity contribution in [3.05, 3.63) is 53.4 Å². The normalized spacial score (nSPS) is 16.0. The van der Waals surface area contributed by atoms with E-state index < -0.39 is 6.04 Å². The minimum absolute atomic E-state index is 0.0549. The number of nitrogens with two attached hydrogens (primary N) is 1. The second-order valence-corrected chi connectivity index (χ2v) is 8.45. The monoisotopic (exact) mass is 493 g/mol. The van der Waals surface area contributed by atoms with Gasteiger partial charge in [-0.3, -0.25) is 9.59 Å². The van der Waals surface area contributed by atoms with Crippen molar-refractivity contribution in [2.75, 3.05) is 17.6 Å². The number of halogens is 1. The molecule has 4 heterocycles. The molecule has 0 radical (unpaired) electrons. The van der Waals surface area contributed by atoms with E-state index in [-0.39, 0.29) is 18.4 Å². The number of pyridine rings is 1. The van der Waals surface area contributed by atoms with Crippen LogP contribution in [0.3, 0.4) is 0 Å². The standard InChI is InChI=1S/C22H20BrN7O2/c23-16-8-3-9-17(27-16)28-22(32)15-7-4-10-29(15)18(31)11-30-14-6-2-1-5-13(14)19-20(24)25-12-26-21(19)30/h1-3,5-6,8-9,12,15H,4,7,10-11H2,(H2,24,25,26)(H,27,28,32)/t15-/m0/s1. The maximum atomic E-state index is 13.3. The molecule has 32 heavy (non-hydrogen) atoms. The Morgan fingerprint density at radius 3 is 2.84 bits per heavy atom. The van der Waals surface area contributed by atoms with Crippen LogP contribution in [0.2, 0.25) is 0 Å². The lowest BCUT2D eigenvalue weighted by atomic mass is 10.2. The summed E-state index contributed by atoms with van der Waals surface area (Å²) in [4.78, 5) is 40.6. The van der Waals surface area contributed by atoms with Crippen LogP contribution >= 0.6 is 15.9 Å². The molecule has 10 heteroatoms. The van der Waals surface area contributed by atoms with Gasteiger partial charge in [0.2, 0.25) is 11.8 Å². The lowest BCUT2D eigenvalue weighted by Crippen LogP contribution is -2.44. The van der Waals surface area contributed by atoms with E-state index in [1.807, 2.05) is 28.8 Å². The minimum atomic E-state index is -0.545. The van der Waals surface area contributed by atoms with E-state index in [0.29, 0.717) is 34.9 Å². The summed E-state index contributed by atoms with van der Waals surface area (Å²) in [7, 11) is 0. The molecule has 0 spiro atoms. The summed E-state index contributed by atoms with van der Waals surface area (Å²) in [6, 6.07) is 12.4. The quantitative estimate of drug-likeness (QED) is 0.421. The van der Waals surface area contributed by atoms with Gasteiger partial charge in [-0.15, -0.1) is 0 Å². The van der Waals surface area contributed by atoms with Gasteiger partial charge in [0.25, 0.3) is 0 Å². The highest BCUT2D eigenvalue weighted by molar-refractivity contribution is 9.10. The number of carbonyl (C=O) groups is 2. The summed E-state index contributed by atoms with van der Waals surface area (Å²) >= 11 is 3.30. The molecule has 5 rings (SSSR count). The van der Waals surface area contributed by atoms with E-state index in [4.69, 9.17) is 5.73 Å². The van der Waals surface area contributed by atoms with Gasteiger partial charge < -0.3 is 20.5 Å². The van der Waals surface area contributed by atoms with Crippen molar-refractivity contribution in [3.8, 4) is 0 Å². The fraction of sp³-hybridized carbons (Fsp3) is 0.227. The second kappa shape index (κ2) is 8.19. The first-order valence-electron chi connectivity index (χ1n) is 10.2. The first kappa shape index (κ1) is 20.4. The molecule has 2 amide bonds. The van der Waals surface area contributed by atoms with Crippen molar-refractivity contribution < 1.29 is 9.59 Å². The Morgan fingerprint density at radius 2 is 2.00 bits per heavy atom. The van der Waals surface area contributed by atoms with Gasteiger partial charge in [-0.05, 0) is 47.0 Å². The summed E-state index contributed by atoms with van der Waals surface area (Å²) in [5, 5.41) is 4.44. The zero-order valence-corrected chi connectivity index (χ0v) is 18.6. The molecule has 3 aromatic heterocycles. The van der Waals surface area contributed by atoms with E-state index in [0.717, 1.165) is 22.7 Å². The fourth-order valence-corrected chi connectivity index (χ4v) is 4.64. The third-order valence-electron chi connectivity index (χ3n) is 5.71. The molecule has 1 atom stereocenters. The molecule has 0 bridgehead atoms. The molecule has 1 aromatic carbocycles. The van der Waals surface area contributed by atoms with Crippen LogP contribution in [0.25, 0.3) is 21.9 Å². The van der Waals surface area contributed by atoms with Crippen molar-refractivity contribution in [1.82, 2.24) is 24.4 Å². The number of carbonyl (C=O) groups excluding carboxylic acids is 2. The number of amides is 2. The third kappa shape index (κ3) is 3.56. The van der Waals surface area contributed by atoms with Gasteiger partial charge in [0.15, 0.2) is 0 Å². The number of likely N-dealkylation sites (tertiary alicyclic amines) is 1. The van der Waals surface area contributed by atoms with Crippen LogP contribution in [0.15, 0.2) is 53.4 Å². The molecular weight excluding hydrogens is 474 g/mol. The second-order valence-electron chi connectivity index (χ2n) is 7.64. The van der Waals surface area contributed by atoms with Crippen LogP contribution in [0.1, 0.15) is 12.8 Å². The van der Waals surface area contributed by atoms with E-state index in [1.54, 1.807) is 23.1 Å². The van der Waals surface area contributed by atoms with Crippen LogP contribution in [-0.2, 0) is 16.1 Å². The average molecular weight is 494 g/mol. The zero-order valence-electron chi connectivity index (χ0n) is 17.0. The van der Waals surface area contributed by atoms with E-state index in [2.05, 4.69) is 36.2 Å². The van der Waals surface area contributed by atoms with Crippen molar-refractivity contribution in [3.63, 3.8) is 0 Å². The molecule has 3 N–H and O–H groups in total. The van der Waals surface area contributed by atoms with Crippen LogP contribution in [0.4, 0.5) is 11.6 Å². The van der Waals surface area contributed by atoms with E-state index in [1.165, 1.54) is 6.33 Å². The molecule has 0 unspecified atom stereocenters. The minimum Gasteiger partial charge on any atom is -0.383 e. The van der Waals surface area contributed by atoms with Gasteiger partial charge in [-0.2, -0.15) is 0 Å². The fourth-order valence-electron chi connectivity index (χ4n) is 4.30. The highest BCUT2D eigenvalue weighted by Crippen LogP contribution is 2.31. The number of hydrogen-bond acceptors (Lipinski definition) is 6. The molecule has 4 aromatic rings. The van der Waals surface area contributed by atoms with Crippen molar-refractivity contribution in [1.29, 1.82) is 0 Å². The van der Waals surface area contributed by atoms with Crippen molar-refractivity contribution in [2.45, 2.75) is 25.4 Å². The number of para-hydroxylation sites is 1. The van der Waals surface area contributed by atoms with Gasteiger partial charge in [0.1, 0.15) is 40.8 Å². The molecule has 1 saturated heterocycles. The number of nitrogens with zero attached hydrogens (tertiary/aromatic N) is 5. The van der Waals surface area contributed by atoms with Crippen LogP contribution in [0.5, 0.6) is 0 Å². The predicted octanol–water partition coefficient (Wildman–Crippen LogP) is 2.95. The van der Waals surface area contributed by atoms with Crippen LogP contribution < -0.4 is 11.1 Å². The van der Waals surface area contributed by atoms with Gasteiger partial charge in [0, 0.05) is 11.9 Å². The highest BCUT2D eigenvalue weighted by atomic mass is 79.9. The zero-order chi connectivity index (χ0) is 22.2. The highest BCUT2D eigenvalue weighted by Gasteiger charge is 2.34. The topological polar surface area (TPSA) is 119 Å². The maximum absolute atomic E-state index is 13.3. The summed E-state index contributed by atoms with van der Waals surface area (Å²) < 4.78 is 2.47. The maximum Gasteiger partial charge on any atom is 0.248 e. The lowest BCUT2D eigenvalue weighted by Gasteiger charge is -2.24. The number of rotatable bonds is 4. The third-order valence-corrected chi connectivity index (χ3v) is 6.15. The number of nitrogens with one attached hydrogen (secondary N) is 1. The number of nitrogen functional groups attached to an aromatic ring is 1. The number of anilines is 2. The van der Waals surface area contributed by atoms with Gasteiger partial charge in [-0.25, -0.2) is 15.0 Å². The Morgan fingerprint density at radius 1 is 1.16 bits per heavy atom. The molecule has 1 fully saturated rings. The molecule has 9 nitrogen and oxygen atoms in total. The van der Waals surface area contributed by atoms with Gasteiger partial charge >= 0.3 is 0 Å². The SMILES string of the molecule is Nc1ncnc2c1c1ccccc1n2CC(=O)N1CCC[C@H]1C(=O)Nc1cccc(Br)n1. The molecular formula is C22H20BrN7O2. The van der Waals surface area contributed by atoms with Crippen molar-refractivity contribution in [2.24, 2.45) is 0 Å². The predicted molar refractivity (Wildman–Crippen MR) is 125 cm³/mol. The smallest absolute Gasteiger partial charge is 0.248 e. The van der Waals surface area contributed by atoms with Gasteiger partial charge in [0.05, 0.1) is 10.9 Å². The van der Waals surface area contributed by atoms with Crippen molar-refractivity contribution >= 4 is 61.3 Å². The Bertz CT molecular complexity index is 1350. The molecule has 162 valence electrons. The molecule has 0 saturated carbocycles. The molecule has 1 aliphatic heterocycles. The van der Waals surface area contributed by atoms with Gasteiger partial charge in [-0.1, -0.05) is 24.3 Å². The van der Waals surface area contributed by atoms with Crippen LogP contribution in [0, 0.1) is 0 Å². The summed E-state index contributed by atoms with van der Waals surface area (Å²) in [6.45, 7) is 0.580. The van der Waals surface area contributed by atoms with Crippen LogP contribution in [-0.4, -0.2) is 48.8 Å². The summed E-state index contributed by atoms with van der Waals surface area (Å²) in [5.74, 6) is 0.426. The Kier molecular flexibility index (Phi) is 5.22. The summed E-state index contributed by atoms with van der Waals surface area (Å²) in [6.07, 6.45) is 2.76. The van der Waals surface area contributed by atoms with E-state index in [9.17, 15) is 9.59 Å². The first-order valence-corrected chi connectivity index (χ1v) is 11.0. The Labute approximate surface area is 191 Å². The Balaban J connectivity index is 1.42. The number of benzene rings is 1. The first-order chi connectivity index (χ1) is 15.5. The molecule has 1 aliphatic rings. The largest absolute Gasteiger partial charge is 0.383 e. The number of fused-ring (bicyclic) bond motifs is 3.